The fourth-order valence-electron chi connectivity index (χ4n) is 4.23. The molecule has 2 aromatic carbocycles. The highest BCUT2D eigenvalue weighted by Gasteiger charge is 2.40. The molecule has 2 fully saturated rings. The Bertz CT molecular complexity index is 698. The Hall–Kier alpha value is -2.29. The van der Waals surface area contributed by atoms with Crippen LogP contribution in [0.3, 0.4) is 0 Å². The van der Waals surface area contributed by atoms with Gasteiger partial charge in [0.2, 0.25) is 0 Å². The second-order valence-electron chi connectivity index (χ2n) is 6.73. The summed E-state index contributed by atoms with van der Waals surface area (Å²) in [4.78, 5) is 12.0. The van der Waals surface area contributed by atoms with Gasteiger partial charge in [0.15, 0.2) is 0 Å². The summed E-state index contributed by atoms with van der Waals surface area (Å²) < 4.78 is 5.45. The van der Waals surface area contributed by atoms with Crippen molar-refractivity contribution < 1.29 is 9.53 Å². The van der Waals surface area contributed by atoms with Gasteiger partial charge < -0.3 is 4.74 Å². The number of hydrogen-bond donors (Lipinski definition) is 1. The number of anilines is 1. The van der Waals surface area contributed by atoms with E-state index >= 15 is 0 Å². The number of hydrogen-bond acceptors (Lipinski definition) is 2. The largest absolute Gasteiger partial charge is 0.417 e. The molecule has 2 bridgehead atoms. The van der Waals surface area contributed by atoms with Crippen molar-refractivity contribution in [1.29, 1.82) is 0 Å². The predicted octanol–water partition coefficient (Wildman–Crippen LogP) is 5.20. The second kappa shape index (κ2) is 6.07. The normalized spacial score (nSPS) is 25.3. The Morgan fingerprint density at radius 3 is 2.61 bits per heavy atom. The molecule has 2 aromatic rings. The van der Waals surface area contributed by atoms with Gasteiger partial charge in [0.05, 0.1) is 0 Å². The lowest BCUT2D eigenvalue weighted by Gasteiger charge is -2.22. The molecule has 1 N–H and O–H groups in total. The zero-order valence-corrected chi connectivity index (χ0v) is 13.1. The highest BCUT2D eigenvalue weighted by Crippen LogP contribution is 2.53. The maximum Gasteiger partial charge on any atom is 0.417 e. The molecule has 118 valence electrons. The third-order valence-corrected chi connectivity index (χ3v) is 5.26. The molecule has 0 aliphatic heterocycles. The molecule has 23 heavy (non-hydrogen) atoms. The Labute approximate surface area is 136 Å². The molecule has 0 spiro atoms. The Balaban J connectivity index is 1.43. The van der Waals surface area contributed by atoms with Crippen molar-refractivity contribution in [2.45, 2.75) is 31.6 Å². The monoisotopic (exact) mass is 307 g/mol. The molecule has 2 aliphatic rings. The smallest absolute Gasteiger partial charge is 0.410 e. The SMILES string of the molecule is O=C(Nc1ccccc1)Oc1cccc([C@@H]2C[C@@H]3CC[C@H]2C3)c1. The quantitative estimate of drug-likeness (QED) is 0.846. The molecule has 0 radical (unpaired) electrons. The zero-order chi connectivity index (χ0) is 15.6. The molecule has 0 aromatic heterocycles. The van der Waals surface area contributed by atoms with Crippen LogP contribution in [0.2, 0.25) is 0 Å². The van der Waals surface area contributed by atoms with Gasteiger partial charge in [-0.1, -0.05) is 36.8 Å². The van der Waals surface area contributed by atoms with Gasteiger partial charge in [0, 0.05) is 5.69 Å². The Morgan fingerprint density at radius 2 is 1.87 bits per heavy atom. The second-order valence-corrected chi connectivity index (χ2v) is 6.73. The maximum atomic E-state index is 12.0. The van der Waals surface area contributed by atoms with Crippen LogP contribution in [0.25, 0.3) is 0 Å². The number of carbonyl (C=O) groups excluding carboxylic acids is 1. The van der Waals surface area contributed by atoms with Crippen molar-refractivity contribution >= 4 is 11.8 Å². The third kappa shape index (κ3) is 3.09. The summed E-state index contributed by atoms with van der Waals surface area (Å²) in [5, 5.41) is 2.75. The minimum atomic E-state index is -0.443. The van der Waals surface area contributed by atoms with E-state index in [4.69, 9.17) is 4.74 Å². The van der Waals surface area contributed by atoms with Crippen LogP contribution in [0.15, 0.2) is 54.6 Å². The number of rotatable bonds is 3. The first-order chi connectivity index (χ1) is 11.3. The van der Waals surface area contributed by atoms with E-state index in [1.807, 2.05) is 48.5 Å². The summed E-state index contributed by atoms with van der Waals surface area (Å²) in [6.07, 6.45) is 4.99. The molecule has 4 rings (SSSR count). The van der Waals surface area contributed by atoms with Crippen molar-refractivity contribution in [1.82, 2.24) is 0 Å². The van der Waals surface area contributed by atoms with Crippen LogP contribution in [-0.2, 0) is 0 Å². The van der Waals surface area contributed by atoms with Crippen LogP contribution in [0.5, 0.6) is 5.75 Å². The zero-order valence-electron chi connectivity index (χ0n) is 13.1. The van der Waals surface area contributed by atoms with Crippen molar-refractivity contribution in [2.24, 2.45) is 11.8 Å². The molecular formula is C20H21NO2. The molecule has 3 nitrogen and oxygen atoms in total. The van der Waals surface area contributed by atoms with Crippen LogP contribution in [0.1, 0.15) is 37.2 Å². The number of fused-ring (bicyclic) bond motifs is 2. The average molecular weight is 307 g/mol. The molecule has 2 aliphatic carbocycles. The van der Waals surface area contributed by atoms with Gasteiger partial charge >= 0.3 is 6.09 Å². The molecule has 0 saturated heterocycles. The first-order valence-electron chi connectivity index (χ1n) is 8.42. The maximum absolute atomic E-state index is 12.0. The van der Waals surface area contributed by atoms with Crippen molar-refractivity contribution in [3.8, 4) is 5.75 Å². The fraction of sp³-hybridized carbons (Fsp3) is 0.350. The lowest BCUT2D eigenvalue weighted by atomic mass is 9.83. The number of carbonyl (C=O) groups is 1. The summed E-state index contributed by atoms with van der Waals surface area (Å²) >= 11 is 0. The number of para-hydroxylation sites is 1. The van der Waals surface area contributed by atoms with E-state index in [9.17, 15) is 4.79 Å². The van der Waals surface area contributed by atoms with Gasteiger partial charge in [-0.05, 0) is 66.8 Å². The van der Waals surface area contributed by atoms with E-state index < -0.39 is 6.09 Å². The Kier molecular flexibility index (Phi) is 3.78. The van der Waals surface area contributed by atoms with Gasteiger partial charge in [0.1, 0.15) is 5.75 Å². The highest BCUT2D eigenvalue weighted by molar-refractivity contribution is 5.86. The van der Waals surface area contributed by atoms with Gasteiger partial charge in [-0.25, -0.2) is 4.79 Å². The van der Waals surface area contributed by atoms with E-state index in [0.29, 0.717) is 11.7 Å². The summed E-state index contributed by atoms with van der Waals surface area (Å²) in [5.74, 6) is 3.01. The fourth-order valence-corrected chi connectivity index (χ4v) is 4.23. The number of ether oxygens (including phenoxy) is 1. The summed E-state index contributed by atoms with van der Waals surface area (Å²) in [6, 6.07) is 17.4. The summed E-state index contributed by atoms with van der Waals surface area (Å²) in [6.45, 7) is 0. The third-order valence-electron chi connectivity index (χ3n) is 5.26. The lowest BCUT2D eigenvalue weighted by Crippen LogP contribution is -2.17. The molecule has 0 heterocycles. The van der Waals surface area contributed by atoms with Crippen LogP contribution in [-0.4, -0.2) is 6.09 Å². The van der Waals surface area contributed by atoms with Gasteiger partial charge in [-0.2, -0.15) is 0 Å². The van der Waals surface area contributed by atoms with Crippen LogP contribution in [0.4, 0.5) is 10.5 Å². The average Bonchev–Trinajstić information content (AvgIpc) is 3.19. The van der Waals surface area contributed by atoms with Gasteiger partial charge in [-0.15, -0.1) is 0 Å². The van der Waals surface area contributed by atoms with Crippen LogP contribution >= 0.6 is 0 Å². The molecule has 1 amide bonds. The van der Waals surface area contributed by atoms with Crippen LogP contribution < -0.4 is 10.1 Å². The lowest BCUT2D eigenvalue weighted by molar-refractivity contribution is 0.215. The van der Waals surface area contributed by atoms with Crippen molar-refractivity contribution in [2.75, 3.05) is 5.32 Å². The molecule has 0 unspecified atom stereocenters. The Morgan fingerprint density at radius 1 is 1.00 bits per heavy atom. The van der Waals surface area contributed by atoms with E-state index in [1.165, 1.54) is 31.2 Å². The highest BCUT2D eigenvalue weighted by atomic mass is 16.6. The molecular weight excluding hydrogens is 286 g/mol. The number of amides is 1. The number of benzene rings is 2. The molecule has 2 saturated carbocycles. The molecule has 3 heteroatoms. The van der Waals surface area contributed by atoms with Crippen LogP contribution in [0, 0.1) is 11.8 Å². The van der Waals surface area contributed by atoms with E-state index in [1.54, 1.807) is 0 Å². The minimum absolute atomic E-state index is 0.443. The van der Waals surface area contributed by atoms with Crippen molar-refractivity contribution in [3.05, 3.63) is 60.2 Å². The topological polar surface area (TPSA) is 38.3 Å². The standard InChI is InChI=1S/C20H21NO2/c22-20(21-17-6-2-1-3-7-17)23-18-8-4-5-15(13-18)19-12-14-9-10-16(19)11-14/h1-8,13-14,16,19H,9-12H2,(H,21,22)/t14-,16+,19+/m1/s1. The molecule has 3 atom stereocenters. The van der Waals surface area contributed by atoms with Crippen molar-refractivity contribution in [3.63, 3.8) is 0 Å². The first-order valence-corrected chi connectivity index (χ1v) is 8.42. The summed E-state index contributed by atoms with van der Waals surface area (Å²) in [5.41, 5.74) is 2.06. The van der Waals surface area contributed by atoms with E-state index in [2.05, 4.69) is 11.4 Å². The first kappa shape index (κ1) is 14.3. The predicted molar refractivity (Wildman–Crippen MR) is 90.7 cm³/mol. The van der Waals surface area contributed by atoms with Gasteiger partial charge in [0.25, 0.3) is 0 Å². The van der Waals surface area contributed by atoms with Gasteiger partial charge in [-0.3, -0.25) is 5.32 Å². The van der Waals surface area contributed by atoms with E-state index in [0.717, 1.165) is 17.5 Å². The summed E-state index contributed by atoms with van der Waals surface area (Å²) in [7, 11) is 0. The minimum Gasteiger partial charge on any atom is -0.410 e. The number of nitrogens with one attached hydrogen (secondary N) is 1. The van der Waals surface area contributed by atoms with E-state index in [-0.39, 0.29) is 0 Å².